The van der Waals surface area contributed by atoms with Crippen molar-refractivity contribution >= 4 is 17.5 Å². The van der Waals surface area contributed by atoms with Gasteiger partial charge in [0.25, 0.3) is 0 Å². The molecule has 1 aliphatic heterocycles. The summed E-state index contributed by atoms with van der Waals surface area (Å²) in [6, 6.07) is 7.74. The van der Waals surface area contributed by atoms with E-state index in [1.54, 1.807) is 26.5 Å². The summed E-state index contributed by atoms with van der Waals surface area (Å²) in [7, 11) is 3.38. The maximum atomic E-state index is 12.4. The van der Waals surface area contributed by atoms with Crippen molar-refractivity contribution in [1.82, 2.24) is 14.7 Å². The molecule has 0 aliphatic carbocycles. The zero-order valence-corrected chi connectivity index (χ0v) is 13.7. The van der Waals surface area contributed by atoms with Gasteiger partial charge in [0, 0.05) is 20.3 Å². The minimum absolute atomic E-state index is 0.0618. The summed E-state index contributed by atoms with van der Waals surface area (Å²) in [4.78, 5) is 25.6. The summed E-state index contributed by atoms with van der Waals surface area (Å²) in [5, 5.41) is 6.93. The van der Waals surface area contributed by atoms with Gasteiger partial charge in [0.2, 0.25) is 11.8 Å². The fourth-order valence-electron chi connectivity index (χ4n) is 2.54. The van der Waals surface area contributed by atoms with E-state index in [0.29, 0.717) is 18.7 Å². The summed E-state index contributed by atoms with van der Waals surface area (Å²) >= 11 is 0. The predicted octanol–water partition coefficient (Wildman–Crippen LogP) is 1.16. The van der Waals surface area contributed by atoms with Crippen LogP contribution < -0.4 is 10.1 Å². The molecule has 7 nitrogen and oxygen atoms in total. The molecule has 24 heavy (non-hydrogen) atoms. The molecule has 2 aromatic rings. The van der Waals surface area contributed by atoms with Gasteiger partial charge in [0.15, 0.2) is 0 Å². The van der Waals surface area contributed by atoms with Gasteiger partial charge < -0.3 is 15.0 Å². The van der Waals surface area contributed by atoms with Gasteiger partial charge in [-0.3, -0.25) is 14.3 Å². The maximum absolute atomic E-state index is 12.4. The number of nitrogens with one attached hydrogen (secondary N) is 1. The van der Waals surface area contributed by atoms with Crippen LogP contribution in [0.25, 0.3) is 0 Å². The molecule has 0 saturated heterocycles. The number of fused-ring (bicyclic) bond motifs is 1. The number of benzene rings is 1. The third-order valence-electron chi connectivity index (χ3n) is 3.95. The Hall–Kier alpha value is -2.83. The largest absolute Gasteiger partial charge is 0.492 e. The van der Waals surface area contributed by atoms with Crippen LogP contribution in [0.2, 0.25) is 0 Å². The Morgan fingerprint density at radius 3 is 2.96 bits per heavy atom. The van der Waals surface area contributed by atoms with E-state index < -0.39 is 0 Å². The van der Waals surface area contributed by atoms with Crippen LogP contribution >= 0.6 is 0 Å². The van der Waals surface area contributed by atoms with Crippen LogP contribution in [-0.2, 0) is 22.6 Å². The number of hydrogen-bond acceptors (Lipinski definition) is 4. The number of carbonyl (C=O) groups is 2. The number of likely N-dealkylation sites (N-methyl/N-ethyl adjacent to an activating group) is 1. The molecular formula is C17H20N4O3. The molecule has 126 valence electrons. The highest BCUT2D eigenvalue weighted by atomic mass is 16.5. The maximum Gasteiger partial charge on any atom is 0.243 e. The van der Waals surface area contributed by atoms with E-state index in [2.05, 4.69) is 10.4 Å². The van der Waals surface area contributed by atoms with Crippen molar-refractivity contribution in [3.63, 3.8) is 0 Å². The van der Waals surface area contributed by atoms with Crippen LogP contribution in [-0.4, -0.2) is 47.2 Å². The molecule has 1 aliphatic rings. The highest BCUT2D eigenvalue weighted by Gasteiger charge is 2.26. The van der Waals surface area contributed by atoms with Crippen LogP contribution in [0.1, 0.15) is 5.56 Å². The van der Waals surface area contributed by atoms with Gasteiger partial charge in [-0.25, -0.2) is 0 Å². The van der Waals surface area contributed by atoms with Crippen molar-refractivity contribution in [2.24, 2.45) is 5.92 Å². The number of rotatable bonds is 4. The topological polar surface area (TPSA) is 76.5 Å². The van der Waals surface area contributed by atoms with Crippen molar-refractivity contribution in [1.29, 1.82) is 0 Å². The van der Waals surface area contributed by atoms with Crippen LogP contribution in [0.4, 0.5) is 5.69 Å². The standard InChI is InChI=1S/C17H20N4O3/c1-20(2)16(22)10-21-9-14(8-18-21)19-17(23)13-7-12-5-3-4-6-15(12)24-11-13/h3-6,8-9,13H,7,10-11H2,1-2H3,(H,19,23). The first-order valence-corrected chi connectivity index (χ1v) is 7.77. The molecule has 0 saturated carbocycles. The molecule has 0 bridgehead atoms. The Balaban J connectivity index is 1.60. The first kappa shape index (κ1) is 16.0. The van der Waals surface area contributed by atoms with Gasteiger partial charge in [-0.05, 0) is 18.1 Å². The molecule has 1 N–H and O–H groups in total. The third kappa shape index (κ3) is 3.56. The second kappa shape index (κ2) is 6.74. The molecule has 0 fully saturated rings. The zero-order chi connectivity index (χ0) is 17.1. The van der Waals surface area contributed by atoms with E-state index >= 15 is 0 Å². The second-order valence-electron chi connectivity index (χ2n) is 6.02. The molecule has 1 aromatic heterocycles. The van der Waals surface area contributed by atoms with Crippen molar-refractivity contribution in [2.45, 2.75) is 13.0 Å². The summed E-state index contributed by atoms with van der Waals surface area (Å²) in [6.45, 7) is 0.499. The zero-order valence-electron chi connectivity index (χ0n) is 13.7. The van der Waals surface area contributed by atoms with E-state index in [1.807, 2.05) is 24.3 Å². The third-order valence-corrected chi connectivity index (χ3v) is 3.95. The van der Waals surface area contributed by atoms with E-state index in [4.69, 9.17) is 4.74 Å². The lowest BCUT2D eigenvalue weighted by atomic mass is 9.96. The Kier molecular flexibility index (Phi) is 4.50. The van der Waals surface area contributed by atoms with Crippen molar-refractivity contribution in [3.8, 4) is 5.75 Å². The molecule has 0 spiro atoms. The van der Waals surface area contributed by atoms with Crippen molar-refractivity contribution in [3.05, 3.63) is 42.2 Å². The molecule has 2 amide bonds. The lowest BCUT2D eigenvalue weighted by molar-refractivity contribution is -0.129. The van der Waals surface area contributed by atoms with Crippen LogP contribution in [0.3, 0.4) is 0 Å². The Labute approximate surface area is 140 Å². The predicted molar refractivity (Wildman–Crippen MR) is 88.7 cm³/mol. The number of aromatic nitrogens is 2. The number of nitrogens with zero attached hydrogens (tertiary/aromatic N) is 3. The number of amides is 2. The van der Waals surface area contributed by atoms with Crippen molar-refractivity contribution in [2.75, 3.05) is 26.0 Å². The molecule has 7 heteroatoms. The van der Waals surface area contributed by atoms with Crippen LogP contribution in [0.5, 0.6) is 5.75 Å². The van der Waals surface area contributed by atoms with Gasteiger partial charge >= 0.3 is 0 Å². The summed E-state index contributed by atoms with van der Waals surface area (Å²) < 4.78 is 7.15. The fraction of sp³-hybridized carbons (Fsp3) is 0.353. The number of para-hydroxylation sites is 1. The Bertz CT molecular complexity index is 754. The van der Waals surface area contributed by atoms with Crippen LogP contribution in [0.15, 0.2) is 36.7 Å². The first-order valence-electron chi connectivity index (χ1n) is 7.77. The highest BCUT2D eigenvalue weighted by molar-refractivity contribution is 5.92. The van der Waals surface area contributed by atoms with Gasteiger partial charge in [-0.15, -0.1) is 0 Å². The van der Waals surface area contributed by atoms with Crippen molar-refractivity contribution < 1.29 is 14.3 Å². The Morgan fingerprint density at radius 2 is 2.17 bits per heavy atom. The molecular weight excluding hydrogens is 308 g/mol. The van der Waals surface area contributed by atoms with Gasteiger partial charge in [-0.2, -0.15) is 5.10 Å². The van der Waals surface area contributed by atoms with Gasteiger partial charge in [0.05, 0.1) is 17.8 Å². The number of carbonyl (C=O) groups excluding carboxylic acids is 2. The minimum Gasteiger partial charge on any atom is -0.492 e. The van der Waals surface area contributed by atoms with Gasteiger partial charge in [-0.1, -0.05) is 18.2 Å². The quantitative estimate of drug-likeness (QED) is 0.914. The average molecular weight is 328 g/mol. The molecule has 0 radical (unpaired) electrons. The normalized spacial score (nSPS) is 16.0. The minimum atomic E-state index is -0.244. The van der Waals surface area contributed by atoms with E-state index in [1.165, 1.54) is 9.58 Å². The number of hydrogen-bond donors (Lipinski definition) is 1. The number of ether oxygens (including phenoxy) is 1. The number of anilines is 1. The Morgan fingerprint density at radius 1 is 1.38 bits per heavy atom. The molecule has 1 aromatic carbocycles. The smallest absolute Gasteiger partial charge is 0.243 e. The van der Waals surface area contributed by atoms with E-state index in [9.17, 15) is 9.59 Å². The molecule has 1 unspecified atom stereocenters. The monoisotopic (exact) mass is 328 g/mol. The molecule has 3 rings (SSSR count). The summed E-state index contributed by atoms with van der Waals surface area (Å²) in [6.07, 6.45) is 3.84. The lowest BCUT2D eigenvalue weighted by Gasteiger charge is -2.24. The fourth-order valence-corrected chi connectivity index (χ4v) is 2.54. The molecule has 2 heterocycles. The van der Waals surface area contributed by atoms with Gasteiger partial charge in [0.1, 0.15) is 18.9 Å². The highest BCUT2D eigenvalue weighted by Crippen LogP contribution is 2.27. The van der Waals surface area contributed by atoms with Crippen LogP contribution in [0, 0.1) is 5.92 Å². The van der Waals surface area contributed by atoms with E-state index in [-0.39, 0.29) is 24.3 Å². The molecule has 1 atom stereocenters. The first-order chi connectivity index (χ1) is 11.5. The summed E-state index contributed by atoms with van der Waals surface area (Å²) in [5.41, 5.74) is 1.61. The lowest BCUT2D eigenvalue weighted by Crippen LogP contribution is -2.32. The van der Waals surface area contributed by atoms with E-state index in [0.717, 1.165) is 11.3 Å². The second-order valence-corrected chi connectivity index (χ2v) is 6.02. The SMILES string of the molecule is CN(C)C(=O)Cn1cc(NC(=O)C2COc3ccccc3C2)cn1. The average Bonchev–Trinajstić information content (AvgIpc) is 3.01. The summed E-state index contributed by atoms with van der Waals surface area (Å²) in [5.74, 6) is 0.430.